The number of piperidine rings is 1. The van der Waals surface area contributed by atoms with Gasteiger partial charge >= 0.3 is 0 Å². The van der Waals surface area contributed by atoms with Crippen molar-refractivity contribution in [2.24, 2.45) is 11.7 Å². The van der Waals surface area contributed by atoms with Gasteiger partial charge in [0.25, 0.3) is 5.91 Å². The van der Waals surface area contributed by atoms with Crippen LogP contribution in [0.4, 0.5) is 0 Å². The molecule has 1 unspecified atom stereocenters. The number of methoxy groups -OCH3 is 1. The first kappa shape index (κ1) is 19.1. The minimum atomic E-state index is -0.188. The van der Waals surface area contributed by atoms with Crippen molar-refractivity contribution in [3.63, 3.8) is 0 Å². The molecular formula is C20H26N4O3. The lowest BCUT2D eigenvalue weighted by Gasteiger charge is -2.32. The molecular weight excluding hydrogens is 344 g/mol. The Hall–Kier alpha value is -2.67. The van der Waals surface area contributed by atoms with Gasteiger partial charge in [-0.15, -0.1) is 0 Å². The third-order valence-electron chi connectivity index (χ3n) is 4.97. The molecule has 2 aromatic rings. The van der Waals surface area contributed by atoms with Gasteiger partial charge in [0.1, 0.15) is 5.75 Å². The van der Waals surface area contributed by atoms with Crippen LogP contribution < -0.4 is 15.8 Å². The molecule has 27 heavy (non-hydrogen) atoms. The largest absolute Gasteiger partial charge is 0.497 e. The molecule has 7 nitrogen and oxygen atoms in total. The molecule has 0 bridgehead atoms. The fourth-order valence-electron chi connectivity index (χ4n) is 3.47. The number of aryl methyl sites for hydroxylation is 1. The number of pyridine rings is 1. The van der Waals surface area contributed by atoms with Crippen LogP contribution in [0.15, 0.2) is 24.3 Å². The topological polar surface area (TPSA) is 97.5 Å². The summed E-state index contributed by atoms with van der Waals surface area (Å²) in [6.07, 6.45) is 1.60. The number of rotatable bonds is 5. The van der Waals surface area contributed by atoms with Crippen molar-refractivity contribution >= 4 is 22.7 Å². The van der Waals surface area contributed by atoms with E-state index in [-0.39, 0.29) is 17.7 Å². The summed E-state index contributed by atoms with van der Waals surface area (Å²) >= 11 is 0. The smallest absolute Gasteiger partial charge is 0.255 e. The highest BCUT2D eigenvalue weighted by atomic mass is 16.5. The van der Waals surface area contributed by atoms with Crippen LogP contribution in [0, 0.1) is 12.8 Å². The molecule has 1 saturated heterocycles. The van der Waals surface area contributed by atoms with Gasteiger partial charge in [-0.1, -0.05) is 0 Å². The number of hydrogen-bond donors (Lipinski definition) is 2. The van der Waals surface area contributed by atoms with Crippen LogP contribution >= 0.6 is 0 Å². The van der Waals surface area contributed by atoms with E-state index in [2.05, 4.69) is 10.3 Å². The van der Waals surface area contributed by atoms with E-state index in [1.54, 1.807) is 12.0 Å². The van der Waals surface area contributed by atoms with E-state index >= 15 is 0 Å². The lowest BCUT2D eigenvalue weighted by atomic mass is 9.96. The van der Waals surface area contributed by atoms with Crippen molar-refractivity contribution in [3.8, 4) is 5.75 Å². The Labute approximate surface area is 158 Å². The molecule has 144 valence electrons. The van der Waals surface area contributed by atoms with Gasteiger partial charge < -0.3 is 20.7 Å². The van der Waals surface area contributed by atoms with E-state index in [4.69, 9.17) is 10.5 Å². The number of hydrogen-bond acceptors (Lipinski definition) is 5. The Morgan fingerprint density at radius 3 is 2.93 bits per heavy atom. The maximum Gasteiger partial charge on any atom is 0.255 e. The molecule has 3 rings (SSSR count). The molecule has 1 aliphatic rings. The zero-order valence-electron chi connectivity index (χ0n) is 15.8. The fraction of sp³-hybridized carbons (Fsp3) is 0.450. The van der Waals surface area contributed by atoms with Crippen molar-refractivity contribution in [2.45, 2.75) is 19.8 Å². The Morgan fingerprint density at radius 1 is 1.37 bits per heavy atom. The van der Waals surface area contributed by atoms with Gasteiger partial charge in [0.05, 0.1) is 29.8 Å². The summed E-state index contributed by atoms with van der Waals surface area (Å²) < 4.78 is 5.24. The molecule has 2 amide bonds. The Bertz CT molecular complexity index is 852. The molecule has 0 aliphatic carbocycles. The average molecular weight is 370 g/mol. The second-order valence-corrected chi connectivity index (χ2v) is 6.85. The number of amides is 2. The van der Waals surface area contributed by atoms with E-state index in [9.17, 15) is 9.59 Å². The standard InChI is InChI=1S/C20H26N4O3/c1-13-17(10-14-5-6-16(27-2)11-18(14)23-13)20(26)24-9-3-4-15(12-24)19(25)22-8-7-21/h5-6,10-11,15H,3-4,7-9,12,21H2,1-2H3,(H,22,25). The quantitative estimate of drug-likeness (QED) is 0.831. The lowest BCUT2D eigenvalue weighted by molar-refractivity contribution is -0.126. The molecule has 1 aromatic carbocycles. The van der Waals surface area contributed by atoms with Crippen LogP contribution in [0.25, 0.3) is 10.9 Å². The predicted molar refractivity (Wildman–Crippen MR) is 104 cm³/mol. The van der Waals surface area contributed by atoms with E-state index in [0.29, 0.717) is 37.4 Å². The first-order valence-corrected chi connectivity index (χ1v) is 9.26. The maximum absolute atomic E-state index is 13.1. The zero-order valence-corrected chi connectivity index (χ0v) is 15.8. The molecule has 1 aliphatic heterocycles. The fourth-order valence-corrected chi connectivity index (χ4v) is 3.47. The van der Waals surface area contributed by atoms with E-state index in [0.717, 1.165) is 29.5 Å². The molecule has 1 fully saturated rings. The Morgan fingerprint density at radius 2 is 2.19 bits per heavy atom. The number of aromatic nitrogens is 1. The summed E-state index contributed by atoms with van der Waals surface area (Å²) in [6.45, 7) is 3.78. The zero-order chi connectivity index (χ0) is 19.4. The number of fused-ring (bicyclic) bond motifs is 1. The summed E-state index contributed by atoms with van der Waals surface area (Å²) in [5.41, 5.74) is 7.49. The molecule has 2 heterocycles. The van der Waals surface area contributed by atoms with Crippen LogP contribution in [0.2, 0.25) is 0 Å². The number of likely N-dealkylation sites (tertiary alicyclic amines) is 1. The Balaban J connectivity index is 1.80. The van der Waals surface area contributed by atoms with Gasteiger partial charge in [0.2, 0.25) is 5.91 Å². The van der Waals surface area contributed by atoms with Gasteiger partial charge in [-0.3, -0.25) is 14.6 Å². The van der Waals surface area contributed by atoms with Crippen LogP contribution in [0.3, 0.4) is 0 Å². The van der Waals surface area contributed by atoms with Crippen molar-refractivity contribution in [2.75, 3.05) is 33.3 Å². The second-order valence-electron chi connectivity index (χ2n) is 6.85. The van der Waals surface area contributed by atoms with Gasteiger partial charge in [-0.25, -0.2) is 0 Å². The van der Waals surface area contributed by atoms with Crippen LogP contribution in [0.1, 0.15) is 28.9 Å². The third kappa shape index (κ3) is 4.19. The summed E-state index contributed by atoms with van der Waals surface area (Å²) in [4.78, 5) is 31.6. The predicted octanol–water partition coefficient (Wildman–Crippen LogP) is 1.48. The molecule has 1 aromatic heterocycles. The minimum Gasteiger partial charge on any atom is -0.497 e. The third-order valence-corrected chi connectivity index (χ3v) is 4.97. The first-order chi connectivity index (χ1) is 13.0. The molecule has 3 N–H and O–H groups in total. The van der Waals surface area contributed by atoms with Gasteiger partial charge in [0.15, 0.2) is 0 Å². The average Bonchev–Trinajstić information content (AvgIpc) is 2.70. The monoisotopic (exact) mass is 370 g/mol. The minimum absolute atomic E-state index is 0.0293. The van der Waals surface area contributed by atoms with Crippen molar-refractivity contribution in [3.05, 3.63) is 35.5 Å². The second kappa shape index (κ2) is 8.35. The number of carbonyl (C=O) groups is 2. The van der Waals surface area contributed by atoms with Gasteiger partial charge in [-0.2, -0.15) is 0 Å². The van der Waals surface area contributed by atoms with Crippen LogP contribution in [-0.4, -0.2) is 55.0 Å². The number of nitrogens with zero attached hydrogens (tertiary/aromatic N) is 2. The molecule has 0 saturated carbocycles. The number of nitrogens with one attached hydrogen (secondary N) is 1. The highest BCUT2D eigenvalue weighted by Gasteiger charge is 2.29. The van der Waals surface area contributed by atoms with Gasteiger partial charge in [-0.05, 0) is 38.0 Å². The molecule has 7 heteroatoms. The van der Waals surface area contributed by atoms with E-state index in [1.165, 1.54) is 0 Å². The molecule has 1 atom stereocenters. The summed E-state index contributed by atoms with van der Waals surface area (Å²) in [5, 5.41) is 3.71. The van der Waals surface area contributed by atoms with Gasteiger partial charge in [0, 0.05) is 37.6 Å². The van der Waals surface area contributed by atoms with Crippen LogP contribution in [-0.2, 0) is 4.79 Å². The van der Waals surface area contributed by atoms with E-state index < -0.39 is 0 Å². The highest BCUT2D eigenvalue weighted by Crippen LogP contribution is 2.24. The van der Waals surface area contributed by atoms with E-state index in [1.807, 2.05) is 31.2 Å². The first-order valence-electron chi connectivity index (χ1n) is 9.26. The normalized spacial score (nSPS) is 17.0. The SMILES string of the molecule is COc1ccc2cc(C(=O)N3CCCC(C(=O)NCCN)C3)c(C)nc2c1. The van der Waals surface area contributed by atoms with Crippen molar-refractivity contribution in [1.82, 2.24) is 15.2 Å². The molecule has 0 spiro atoms. The number of carbonyl (C=O) groups excluding carboxylic acids is 2. The summed E-state index contributed by atoms with van der Waals surface area (Å²) in [7, 11) is 1.61. The summed E-state index contributed by atoms with van der Waals surface area (Å²) in [6, 6.07) is 7.48. The number of benzene rings is 1. The van der Waals surface area contributed by atoms with Crippen molar-refractivity contribution in [1.29, 1.82) is 0 Å². The summed E-state index contributed by atoms with van der Waals surface area (Å²) in [5.74, 6) is 0.440. The molecule has 0 radical (unpaired) electrons. The number of nitrogens with two attached hydrogens (primary N) is 1. The Kier molecular flexibility index (Phi) is 5.91. The van der Waals surface area contributed by atoms with Crippen LogP contribution in [0.5, 0.6) is 5.75 Å². The maximum atomic E-state index is 13.1. The van der Waals surface area contributed by atoms with Crippen molar-refractivity contribution < 1.29 is 14.3 Å². The number of ether oxygens (including phenoxy) is 1. The highest BCUT2D eigenvalue weighted by molar-refractivity contribution is 5.99. The lowest BCUT2D eigenvalue weighted by Crippen LogP contribution is -2.46.